The van der Waals surface area contributed by atoms with Crippen molar-refractivity contribution in [3.63, 3.8) is 0 Å². The summed E-state index contributed by atoms with van der Waals surface area (Å²) in [7, 11) is 0. The van der Waals surface area contributed by atoms with Crippen molar-refractivity contribution in [2.45, 2.75) is 13.5 Å². The van der Waals surface area contributed by atoms with Gasteiger partial charge in [0, 0.05) is 6.54 Å². The molecule has 0 radical (unpaired) electrons. The molecule has 0 spiro atoms. The van der Waals surface area contributed by atoms with Crippen LogP contribution in [0.25, 0.3) is 10.2 Å². The number of anilines is 1. The average molecular weight is 307 g/mol. The summed E-state index contributed by atoms with van der Waals surface area (Å²) in [5, 5.41) is 3.89. The monoisotopic (exact) mass is 306 g/mol. The van der Waals surface area contributed by atoms with Gasteiger partial charge in [0.1, 0.15) is 11.3 Å². The minimum atomic E-state index is -0.231. The van der Waals surface area contributed by atoms with Gasteiger partial charge in [-0.15, -0.1) is 11.3 Å². The van der Waals surface area contributed by atoms with E-state index in [1.807, 2.05) is 19.1 Å². The summed E-state index contributed by atoms with van der Waals surface area (Å²) in [6.07, 6.45) is 0. The second-order valence-corrected chi connectivity index (χ2v) is 5.84. The van der Waals surface area contributed by atoms with Gasteiger partial charge >= 0.3 is 0 Å². The average Bonchev–Trinajstić information content (AvgIpc) is 2.90. The van der Waals surface area contributed by atoms with Crippen LogP contribution in [-0.4, -0.2) is 4.98 Å². The maximum atomic E-state index is 13.3. The molecule has 20 heavy (non-hydrogen) atoms. The molecule has 1 N–H and O–H groups in total. The van der Waals surface area contributed by atoms with Crippen molar-refractivity contribution in [2.24, 2.45) is 0 Å². The van der Waals surface area contributed by atoms with Crippen LogP contribution >= 0.6 is 22.9 Å². The van der Waals surface area contributed by atoms with Crippen molar-refractivity contribution in [3.8, 4) is 0 Å². The Labute approximate surface area is 125 Å². The maximum absolute atomic E-state index is 13.3. The van der Waals surface area contributed by atoms with Gasteiger partial charge in [0.25, 0.3) is 0 Å². The Balaban J connectivity index is 1.92. The van der Waals surface area contributed by atoms with Crippen LogP contribution in [0, 0.1) is 12.7 Å². The van der Waals surface area contributed by atoms with Gasteiger partial charge in [-0.3, -0.25) is 0 Å². The van der Waals surface area contributed by atoms with Crippen LogP contribution in [0.5, 0.6) is 0 Å². The first kappa shape index (κ1) is 13.3. The number of nitrogens with one attached hydrogen (secondary N) is 1. The number of thiazole rings is 1. The van der Waals surface area contributed by atoms with Crippen LogP contribution in [-0.2, 0) is 6.54 Å². The second-order valence-electron chi connectivity index (χ2n) is 4.55. The normalized spacial score (nSPS) is 10.9. The zero-order valence-corrected chi connectivity index (χ0v) is 12.4. The standard InChI is InChI=1S/C15H12ClFN2S/c1-9-2-3-11(17)6-10(9)7-18-14-12(16)4-5-13-15(14)19-8-20-13/h2-6,8,18H,7H2,1H3. The molecule has 0 saturated carbocycles. The summed E-state index contributed by atoms with van der Waals surface area (Å²) in [6.45, 7) is 2.47. The summed E-state index contributed by atoms with van der Waals surface area (Å²) in [4.78, 5) is 4.33. The number of rotatable bonds is 3. The molecular weight excluding hydrogens is 295 g/mol. The van der Waals surface area contributed by atoms with E-state index in [4.69, 9.17) is 11.6 Å². The Hall–Kier alpha value is -1.65. The molecule has 5 heteroatoms. The first-order chi connectivity index (χ1) is 9.65. The lowest BCUT2D eigenvalue weighted by Crippen LogP contribution is -2.03. The molecule has 0 aliphatic carbocycles. The molecule has 0 aliphatic rings. The third-order valence-corrected chi connectivity index (χ3v) is 4.33. The third-order valence-electron chi connectivity index (χ3n) is 3.22. The van der Waals surface area contributed by atoms with Gasteiger partial charge in [-0.2, -0.15) is 0 Å². The van der Waals surface area contributed by atoms with Gasteiger partial charge in [-0.05, 0) is 42.3 Å². The summed E-state index contributed by atoms with van der Waals surface area (Å²) >= 11 is 7.79. The molecule has 0 fully saturated rings. The van der Waals surface area contributed by atoms with Crippen LogP contribution in [0.2, 0.25) is 5.02 Å². The van der Waals surface area contributed by atoms with Crippen molar-refractivity contribution in [1.29, 1.82) is 0 Å². The zero-order chi connectivity index (χ0) is 14.1. The summed E-state index contributed by atoms with van der Waals surface area (Å²) < 4.78 is 14.4. The van der Waals surface area contributed by atoms with E-state index in [1.54, 1.807) is 22.9 Å². The lowest BCUT2D eigenvalue weighted by molar-refractivity contribution is 0.625. The minimum Gasteiger partial charge on any atom is -0.378 e. The topological polar surface area (TPSA) is 24.9 Å². The molecular formula is C15H12ClFN2S. The fourth-order valence-corrected chi connectivity index (χ4v) is 2.99. The molecule has 0 bridgehead atoms. The van der Waals surface area contributed by atoms with Crippen LogP contribution < -0.4 is 5.32 Å². The molecule has 102 valence electrons. The van der Waals surface area contributed by atoms with Gasteiger partial charge in [0.05, 0.1) is 20.9 Å². The Kier molecular flexibility index (Phi) is 3.59. The molecule has 0 aliphatic heterocycles. The third kappa shape index (κ3) is 2.49. The number of hydrogen-bond donors (Lipinski definition) is 1. The van der Waals surface area contributed by atoms with Gasteiger partial charge in [-0.25, -0.2) is 9.37 Å². The van der Waals surface area contributed by atoms with Crippen LogP contribution in [0.3, 0.4) is 0 Å². The smallest absolute Gasteiger partial charge is 0.123 e. The molecule has 0 saturated heterocycles. The number of benzene rings is 2. The number of aromatic nitrogens is 1. The Morgan fingerprint density at radius 3 is 3.00 bits per heavy atom. The van der Waals surface area contributed by atoms with Gasteiger partial charge in [0.15, 0.2) is 0 Å². The van der Waals surface area contributed by atoms with Crippen molar-refractivity contribution < 1.29 is 4.39 Å². The van der Waals surface area contributed by atoms with Gasteiger partial charge < -0.3 is 5.32 Å². The first-order valence-corrected chi connectivity index (χ1v) is 7.41. The molecule has 0 atom stereocenters. The lowest BCUT2D eigenvalue weighted by atomic mass is 10.1. The summed E-state index contributed by atoms with van der Waals surface area (Å²) in [5.74, 6) is -0.231. The predicted octanol–water partition coefficient (Wildman–Crippen LogP) is 5.01. The molecule has 1 heterocycles. The highest BCUT2D eigenvalue weighted by molar-refractivity contribution is 7.16. The summed E-state index contributed by atoms with van der Waals surface area (Å²) in [5.41, 5.74) is 5.40. The number of nitrogens with zero attached hydrogens (tertiary/aromatic N) is 1. The van der Waals surface area contributed by atoms with Gasteiger partial charge in [0.2, 0.25) is 0 Å². The van der Waals surface area contributed by atoms with E-state index in [-0.39, 0.29) is 5.82 Å². The van der Waals surface area contributed by atoms with E-state index in [0.717, 1.165) is 27.0 Å². The zero-order valence-electron chi connectivity index (χ0n) is 10.8. The van der Waals surface area contributed by atoms with Crippen molar-refractivity contribution in [3.05, 3.63) is 57.8 Å². The Morgan fingerprint density at radius 1 is 1.30 bits per heavy atom. The van der Waals surface area contributed by atoms with Crippen LogP contribution in [0.4, 0.5) is 10.1 Å². The van der Waals surface area contributed by atoms with E-state index >= 15 is 0 Å². The number of hydrogen-bond acceptors (Lipinski definition) is 3. The quantitative estimate of drug-likeness (QED) is 0.736. The van der Waals surface area contributed by atoms with Gasteiger partial charge in [-0.1, -0.05) is 17.7 Å². The highest BCUT2D eigenvalue weighted by Crippen LogP contribution is 2.32. The number of fused-ring (bicyclic) bond motifs is 1. The highest BCUT2D eigenvalue weighted by Gasteiger charge is 2.09. The molecule has 0 amide bonds. The first-order valence-electron chi connectivity index (χ1n) is 6.16. The fourth-order valence-electron chi connectivity index (χ4n) is 2.09. The fraction of sp³-hybridized carbons (Fsp3) is 0.133. The number of halogens is 2. The minimum absolute atomic E-state index is 0.231. The predicted molar refractivity (Wildman–Crippen MR) is 83.1 cm³/mol. The van der Waals surface area contributed by atoms with E-state index in [9.17, 15) is 4.39 Å². The maximum Gasteiger partial charge on any atom is 0.123 e. The van der Waals surface area contributed by atoms with E-state index in [1.165, 1.54) is 12.1 Å². The van der Waals surface area contributed by atoms with E-state index in [0.29, 0.717) is 11.6 Å². The van der Waals surface area contributed by atoms with Crippen molar-refractivity contribution >= 4 is 38.8 Å². The number of aryl methyl sites for hydroxylation is 1. The molecule has 2 aromatic carbocycles. The second kappa shape index (κ2) is 5.38. The molecule has 3 aromatic rings. The van der Waals surface area contributed by atoms with E-state index in [2.05, 4.69) is 10.3 Å². The van der Waals surface area contributed by atoms with Crippen molar-refractivity contribution in [1.82, 2.24) is 4.98 Å². The van der Waals surface area contributed by atoms with Crippen LogP contribution in [0.1, 0.15) is 11.1 Å². The van der Waals surface area contributed by atoms with Crippen molar-refractivity contribution in [2.75, 3.05) is 5.32 Å². The molecule has 2 nitrogen and oxygen atoms in total. The largest absolute Gasteiger partial charge is 0.378 e. The molecule has 3 rings (SSSR count). The summed E-state index contributed by atoms with van der Waals surface area (Å²) in [6, 6.07) is 8.58. The SMILES string of the molecule is Cc1ccc(F)cc1CNc1c(Cl)ccc2scnc12. The van der Waals surface area contributed by atoms with Crippen LogP contribution in [0.15, 0.2) is 35.8 Å². The lowest BCUT2D eigenvalue weighted by Gasteiger charge is -2.11. The molecule has 1 aromatic heterocycles. The van der Waals surface area contributed by atoms with E-state index < -0.39 is 0 Å². The Bertz CT molecular complexity index is 770. The Morgan fingerprint density at radius 2 is 2.15 bits per heavy atom. The molecule has 0 unspecified atom stereocenters. The highest BCUT2D eigenvalue weighted by atomic mass is 35.5.